The molecule has 1 atom stereocenters. The van der Waals surface area contributed by atoms with Crippen LogP contribution in [0, 0.1) is 11.3 Å². The minimum absolute atomic E-state index is 0.105. The number of carbonyl (C=O) groups excluding carboxylic acids is 2. The van der Waals surface area contributed by atoms with Crippen molar-refractivity contribution in [3.63, 3.8) is 0 Å². The summed E-state index contributed by atoms with van der Waals surface area (Å²) in [5, 5.41) is 10.7. The molecule has 188 valence electrons. The number of carbonyl (C=O) groups is 2. The molecule has 0 radical (unpaired) electrons. The van der Waals surface area contributed by atoms with Gasteiger partial charge in [0.25, 0.3) is 5.91 Å². The van der Waals surface area contributed by atoms with E-state index in [2.05, 4.69) is 5.32 Å². The molecular weight excluding hydrogens is 504 g/mol. The highest BCUT2D eigenvalue weighted by atomic mass is 32.2. The van der Waals surface area contributed by atoms with E-state index in [4.69, 9.17) is 5.26 Å². The molecule has 2 amide bonds. The second-order valence-electron chi connectivity index (χ2n) is 7.16. The lowest BCUT2D eigenvalue weighted by atomic mass is 10.1. The number of benzene rings is 2. The second-order valence-corrected chi connectivity index (χ2v) is 9.35. The molecule has 0 saturated heterocycles. The lowest BCUT2D eigenvalue weighted by Gasteiger charge is -2.19. The summed E-state index contributed by atoms with van der Waals surface area (Å²) in [6, 6.07) is 9.23. The van der Waals surface area contributed by atoms with Gasteiger partial charge in [-0.1, -0.05) is 18.2 Å². The molecule has 0 aliphatic heterocycles. The molecular formula is C21H17F6N3O4S. The normalized spacial score (nSPS) is 12.9. The van der Waals surface area contributed by atoms with E-state index in [1.54, 1.807) is 6.07 Å². The van der Waals surface area contributed by atoms with Crippen molar-refractivity contribution in [1.82, 2.24) is 10.6 Å². The van der Waals surface area contributed by atoms with Crippen molar-refractivity contribution in [3.8, 4) is 6.07 Å². The van der Waals surface area contributed by atoms with E-state index in [1.807, 2.05) is 5.32 Å². The maximum absolute atomic E-state index is 13.1. The Labute approximate surface area is 195 Å². The van der Waals surface area contributed by atoms with Crippen LogP contribution >= 0.6 is 0 Å². The average molecular weight is 521 g/mol. The number of sulfone groups is 1. The number of halogens is 6. The van der Waals surface area contributed by atoms with E-state index in [0.717, 1.165) is 0 Å². The van der Waals surface area contributed by atoms with E-state index >= 15 is 0 Å². The molecule has 0 fully saturated rings. The molecule has 7 nitrogen and oxygen atoms in total. The van der Waals surface area contributed by atoms with Crippen LogP contribution in [0.1, 0.15) is 27.0 Å². The van der Waals surface area contributed by atoms with Crippen molar-refractivity contribution in [2.45, 2.75) is 23.4 Å². The Hall–Kier alpha value is -3.60. The third-order valence-electron chi connectivity index (χ3n) is 4.57. The molecule has 2 aromatic carbocycles. The van der Waals surface area contributed by atoms with Crippen LogP contribution in [0.2, 0.25) is 0 Å². The highest BCUT2D eigenvalue weighted by Crippen LogP contribution is 2.36. The highest BCUT2D eigenvalue weighted by molar-refractivity contribution is 7.92. The van der Waals surface area contributed by atoms with Gasteiger partial charge in [-0.2, -0.15) is 31.6 Å². The molecule has 0 heterocycles. The summed E-state index contributed by atoms with van der Waals surface area (Å²) < 4.78 is 104. The topological polar surface area (TPSA) is 116 Å². The van der Waals surface area contributed by atoms with Crippen molar-refractivity contribution in [2.75, 3.05) is 13.1 Å². The van der Waals surface area contributed by atoms with Gasteiger partial charge in [0, 0.05) is 12.1 Å². The number of hydrogen-bond acceptors (Lipinski definition) is 5. The van der Waals surface area contributed by atoms with E-state index in [0.29, 0.717) is 0 Å². The van der Waals surface area contributed by atoms with E-state index in [9.17, 15) is 44.3 Å². The SMILES string of the molecule is N#CCNC(=O)C(CNC(=O)c1ccccc1)S(=O)(=O)Cc1cc(C(F)(F)F)cc(C(F)(F)F)c1. The van der Waals surface area contributed by atoms with Gasteiger partial charge in [0.1, 0.15) is 6.54 Å². The molecule has 2 rings (SSSR count). The number of nitrogens with one attached hydrogen (secondary N) is 2. The maximum atomic E-state index is 13.1. The third kappa shape index (κ3) is 7.71. The Bertz CT molecular complexity index is 1190. The molecule has 0 spiro atoms. The fraction of sp³-hybridized carbons (Fsp3) is 0.286. The molecule has 0 bridgehead atoms. The van der Waals surface area contributed by atoms with Crippen LogP contribution in [0.25, 0.3) is 0 Å². The van der Waals surface area contributed by atoms with Crippen LogP contribution in [0.15, 0.2) is 48.5 Å². The minimum Gasteiger partial charge on any atom is -0.350 e. The Kier molecular flexibility index (Phi) is 8.50. The fourth-order valence-corrected chi connectivity index (χ4v) is 4.52. The van der Waals surface area contributed by atoms with Gasteiger partial charge in [-0.15, -0.1) is 0 Å². The smallest absolute Gasteiger partial charge is 0.350 e. The molecule has 0 aromatic heterocycles. The van der Waals surface area contributed by atoms with Crippen LogP contribution in [0.4, 0.5) is 26.3 Å². The standard InChI is InChI=1S/C21H17F6N3O4S/c22-20(23,24)15-8-13(9-16(10-15)21(25,26)27)12-35(33,34)17(19(32)29-7-6-28)11-30-18(31)14-4-2-1-3-5-14/h1-5,8-10,17H,7,11-12H2,(H,29,32)(H,30,31). The summed E-state index contributed by atoms with van der Waals surface area (Å²) >= 11 is 0. The molecule has 1 unspecified atom stereocenters. The van der Waals surface area contributed by atoms with Gasteiger partial charge in [0.15, 0.2) is 15.1 Å². The minimum atomic E-state index is -5.20. The molecule has 35 heavy (non-hydrogen) atoms. The first-order chi connectivity index (χ1) is 16.1. The Morgan fingerprint density at radius 1 is 0.914 bits per heavy atom. The van der Waals surface area contributed by atoms with Crippen LogP contribution < -0.4 is 10.6 Å². The maximum Gasteiger partial charge on any atom is 0.416 e. The van der Waals surface area contributed by atoms with Crippen molar-refractivity contribution in [3.05, 3.63) is 70.8 Å². The lowest BCUT2D eigenvalue weighted by molar-refractivity contribution is -0.143. The van der Waals surface area contributed by atoms with Crippen molar-refractivity contribution < 1.29 is 44.3 Å². The lowest BCUT2D eigenvalue weighted by Crippen LogP contribution is -2.47. The van der Waals surface area contributed by atoms with E-state index in [-0.39, 0.29) is 23.8 Å². The zero-order chi connectivity index (χ0) is 26.4. The predicted molar refractivity (Wildman–Crippen MR) is 110 cm³/mol. The summed E-state index contributed by atoms with van der Waals surface area (Å²) in [6.07, 6.45) is -10.4. The number of amides is 2. The molecule has 2 N–H and O–H groups in total. The first-order valence-electron chi connectivity index (χ1n) is 9.63. The zero-order valence-corrected chi connectivity index (χ0v) is 18.4. The molecule has 14 heteroatoms. The number of nitriles is 1. The van der Waals surface area contributed by atoms with E-state index in [1.165, 1.54) is 30.3 Å². The fourth-order valence-electron chi connectivity index (χ4n) is 2.94. The number of alkyl halides is 6. The van der Waals surface area contributed by atoms with Crippen molar-refractivity contribution >= 4 is 21.7 Å². The predicted octanol–water partition coefficient (Wildman–Crippen LogP) is 3.08. The van der Waals surface area contributed by atoms with Gasteiger partial charge in [0.2, 0.25) is 5.91 Å². The van der Waals surface area contributed by atoms with Crippen molar-refractivity contribution in [1.29, 1.82) is 5.26 Å². The first-order valence-corrected chi connectivity index (χ1v) is 11.3. The summed E-state index contributed by atoms with van der Waals surface area (Å²) in [5.74, 6) is -3.41. The number of rotatable bonds is 8. The Morgan fingerprint density at radius 2 is 1.46 bits per heavy atom. The molecule has 0 saturated carbocycles. The quantitative estimate of drug-likeness (QED) is 0.409. The average Bonchev–Trinajstić information content (AvgIpc) is 2.76. The summed E-state index contributed by atoms with van der Waals surface area (Å²) in [6.45, 7) is -1.47. The van der Waals surface area contributed by atoms with Gasteiger partial charge in [-0.3, -0.25) is 9.59 Å². The van der Waals surface area contributed by atoms with Gasteiger partial charge in [-0.05, 0) is 35.9 Å². The van der Waals surface area contributed by atoms with Gasteiger partial charge in [-0.25, -0.2) is 8.42 Å². The largest absolute Gasteiger partial charge is 0.416 e. The van der Waals surface area contributed by atoms with Crippen LogP contribution in [-0.4, -0.2) is 38.6 Å². The number of hydrogen-bond donors (Lipinski definition) is 2. The summed E-state index contributed by atoms with van der Waals surface area (Å²) in [7, 11) is -4.78. The van der Waals surface area contributed by atoms with Crippen molar-refractivity contribution in [2.24, 2.45) is 0 Å². The van der Waals surface area contributed by atoms with Gasteiger partial charge in [0.05, 0.1) is 22.9 Å². The number of nitrogens with zero attached hydrogens (tertiary/aromatic N) is 1. The van der Waals surface area contributed by atoms with Gasteiger partial charge < -0.3 is 10.6 Å². The summed E-state index contributed by atoms with van der Waals surface area (Å²) in [4.78, 5) is 24.6. The highest BCUT2D eigenvalue weighted by Gasteiger charge is 2.38. The second kappa shape index (κ2) is 10.8. The van der Waals surface area contributed by atoms with Gasteiger partial charge >= 0.3 is 12.4 Å². The zero-order valence-electron chi connectivity index (χ0n) is 17.6. The van der Waals surface area contributed by atoms with E-state index < -0.39 is 74.8 Å². The van der Waals surface area contributed by atoms with Crippen LogP contribution in [0.5, 0.6) is 0 Å². The van der Waals surface area contributed by atoms with Crippen LogP contribution in [0.3, 0.4) is 0 Å². The Balaban J connectivity index is 2.40. The third-order valence-corrected chi connectivity index (χ3v) is 6.55. The molecule has 0 aliphatic rings. The van der Waals surface area contributed by atoms with Crippen LogP contribution in [-0.2, 0) is 32.7 Å². The molecule has 2 aromatic rings. The monoisotopic (exact) mass is 521 g/mol. The molecule has 0 aliphatic carbocycles. The summed E-state index contributed by atoms with van der Waals surface area (Å²) in [5.41, 5.74) is -4.20. The first kappa shape index (κ1) is 27.6. The Morgan fingerprint density at radius 3 is 1.94 bits per heavy atom.